The van der Waals surface area contributed by atoms with Gasteiger partial charge >= 0.3 is 11.8 Å². The van der Waals surface area contributed by atoms with E-state index >= 15 is 0 Å². The summed E-state index contributed by atoms with van der Waals surface area (Å²) in [6, 6.07) is 13.1. The number of nitrogens with zero attached hydrogens (tertiary/aromatic N) is 1. The maximum Gasteiger partial charge on any atom is 0.314 e. The highest BCUT2D eigenvalue weighted by molar-refractivity contribution is 6.43. The first kappa shape index (κ1) is 18.8. The van der Waals surface area contributed by atoms with Crippen LogP contribution in [0, 0.1) is 11.3 Å². The molecule has 0 radical (unpaired) electrons. The molecule has 7 nitrogen and oxygen atoms in total. The number of amides is 2. The van der Waals surface area contributed by atoms with Crippen LogP contribution in [0.3, 0.4) is 0 Å². The van der Waals surface area contributed by atoms with Crippen LogP contribution in [0.15, 0.2) is 42.5 Å². The summed E-state index contributed by atoms with van der Waals surface area (Å²) in [4.78, 5) is 24.1. The maximum atomic E-state index is 12.1. The fraction of sp³-hybridized carbons (Fsp3) is 0.211. The number of rotatable bonds is 6. The van der Waals surface area contributed by atoms with Crippen LogP contribution in [0.2, 0.25) is 0 Å². The van der Waals surface area contributed by atoms with Gasteiger partial charge in [-0.3, -0.25) is 9.59 Å². The Morgan fingerprint density at radius 3 is 2.00 bits per heavy atom. The first-order valence-electron chi connectivity index (χ1n) is 8.09. The van der Waals surface area contributed by atoms with Crippen molar-refractivity contribution >= 4 is 23.2 Å². The predicted octanol–water partition coefficient (Wildman–Crippen LogP) is 2.93. The molecule has 0 aliphatic heterocycles. The van der Waals surface area contributed by atoms with Crippen LogP contribution in [0.4, 0.5) is 11.4 Å². The molecule has 0 heterocycles. The van der Waals surface area contributed by atoms with Crippen molar-refractivity contribution < 1.29 is 19.1 Å². The lowest BCUT2D eigenvalue weighted by molar-refractivity contribution is -0.132. The van der Waals surface area contributed by atoms with Crippen LogP contribution < -0.4 is 20.1 Å². The van der Waals surface area contributed by atoms with E-state index in [0.29, 0.717) is 41.7 Å². The van der Waals surface area contributed by atoms with Gasteiger partial charge in [0.2, 0.25) is 0 Å². The smallest absolute Gasteiger partial charge is 0.314 e. The Kier molecular flexibility index (Phi) is 6.57. The zero-order chi connectivity index (χ0) is 18.9. The lowest BCUT2D eigenvalue weighted by atomic mass is 10.2. The van der Waals surface area contributed by atoms with Gasteiger partial charge in [-0.1, -0.05) is 0 Å². The molecule has 0 unspecified atom stereocenters. The van der Waals surface area contributed by atoms with E-state index in [1.54, 1.807) is 42.5 Å². The van der Waals surface area contributed by atoms with E-state index in [4.69, 9.17) is 14.7 Å². The van der Waals surface area contributed by atoms with Gasteiger partial charge < -0.3 is 20.1 Å². The third-order valence-corrected chi connectivity index (χ3v) is 3.28. The Balaban J connectivity index is 2.04. The summed E-state index contributed by atoms with van der Waals surface area (Å²) in [6.07, 6.45) is 0. The summed E-state index contributed by atoms with van der Waals surface area (Å²) in [7, 11) is 0. The van der Waals surface area contributed by atoms with Crippen molar-refractivity contribution in [3.05, 3.63) is 48.0 Å². The highest BCUT2D eigenvalue weighted by atomic mass is 16.5. The fourth-order valence-corrected chi connectivity index (χ4v) is 2.13. The standard InChI is InChI=1S/C19H19N3O4/c1-3-25-16-10-9-15(11-17(16)26-4-2)22-19(24)18(23)21-14-7-5-13(12-20)6-8-14/h5-11H,3-4H2,1-2H3,(H,21,23)(H,22,24). The minimum Gasteiger partial charge on any atom is -0.490 e. The second-order valence-electron chi connectivity index (χ2n) is 5.12. The van der Waals surface area contributed by atoms with E-state index in [1.807, 2.05) is 19.9 Å². The summed E-state index contributed by atoms with van der Waals surface area (Å²) in [5, 5.41) is 13.7. The second-order valence-corrected chi connectivity index (χ2v) is 5.12. The summed E-state index contributed by atoms with van der Waals surface area (Å²) < 4.78 is 10.9. The molecule has 0 atom stereocenters. The van der Waals surface area contributed by atoms with E-state index in [2.05, 4.69) is 10.6 Å². The minimum atomic E-state index is -0.819. The molecule has 26 heavy (non-hydrogen) atoms. The normalized spacial score (nSPS) is 9.73. The van der Waals surface area contributed by atoms with Gasteiger partial charge in [-0.15, -0.1) is 0 Å². The van der Waals surface area contributed by atoms with Crippen LogP contribution in [0.25, 0.3) is 0 Å². The number of carbonyl (C=O) groups is 2. The first-order chi connectivity index (χ1) is 12.6. The molecule has 7 heteroatoms. The molecule has 0 aliphatic rings. The Hall–Kier alpha value is -3.53. The number of benzene rings is 2. The third-order valence-electron chi connectivity index (χ3n) is 3.28. The molecule has 2 N–H and O–H groups in total. The number of hydrogen-bond acceptors (Lipinski definition) is 5. The zero-order valence-electron chi connectivity index (χ0n) is 14.5. The lowest BCUT2D eigenvalue weighted by Crippen LogP contribution is -2.29. The van der Waals surface area contributed by atoms with Gasteiger partial charge in [0.05, 0.1) is 24.8 Å². The van der Waals surface area contributed by atoms with Gasteiger partial charge in [-0.25, -0.2) is 0 Å². The van der Waals surface area contributed by atoms with Crippen LogP contribution >= 0.6 is 0 Å². The Bertz CT molecular complexity index is 826. The van der Waals surface area contributed by atoms with Gasteiger partial charge in [-0.2, -0.15) is 5.26 Å². The van der Waals surface area contributed by atoms with Crippen LogP contribution in [0.1, 0.15) is 19.4 Å². The topological polar surface area (TPSA) is 100 Å². The van der Waals surface area contributed by atoms with Crippen molar-refractivity contribution in [3.8, 4) is 17.6 Å². The number of nitrogens with one attached hydrogen (secondary N) is 2. The van der Waals surface area contributed by atoms with Crippen LogP contribution in [-0.4, -0.2) is 25.0 Å². The SMILES string of the molecule is CCOc1ccc(NC(=O)C(=O)Nc2ccc(C#N)cc2)cc1OCC. The molecule has 2 aromatic carbocycles. The van der Waals surface area contributed by atoms with Gasteiger partial charge in [0, 0.05) is 17.4 Å². The van der Waals surface area contributed by atoms with Crippen molar-refractivity contribution in [2.24, 2.45) is 0 Å². The monoisotopic (exact) mass is 353 g/mol. The van der Waals surface area contributed by atoms with Crippen molar-refractivity contribution in [2.45, 2.75) is 13.8 Å². The van der Waals surface area contributed by atoms with E-state index in [-0.39, 0.29) is 0 Å². The summed E-state index contributed by atoms with van der Waals surface area (Å²) in [6.45, 7) is 4.63. The molecule has 2 rings (SSSR count). The molecule has 0 saturated carbocycles. The van der Waals surface area contributed by atoms with Gasteiger partial charge in [-0.05, 0) is 50.2 Å². The molecular formula is C19H19N3O4. The van der Waals surface area contributed by atoms with E-state index in [1.165, 1.54) is 0 Å². The highest BCUT2D eigenvalue weighted by Gasteiger charge is 2.15. The number of anilines is 2. The Labute approximate surface area is 151 Å². The predicted molar refractivity (Wildman–Crippen MR) is 97.2 cm³/mol. The van der Waals surface area contributed by atoms with Gasteiger partial charge in [0.25, 0.3) is 0 Å². The van der Waals surface area contributed by atoms with Gasteiger partial charge in [0.15, 0.2) is 11.5 Å². The molecule has 134 valence electrons. The highest BCUT2D eigenvalue weighted by Crippen LogP contribution is 2.30. The molecule has 0 aliphatic carbocycles. The minimum absolute atomic E-state index is 0.414. The summed E-state index contributed by atoms with van der Waals surface area (Å²) in [5.41, 5.74) is 1.30. The average molecular weight is 353 g/mol. The number of carbonyl (C=O) groups excluding carboxylic acids is 2. The Morgan fingerprint density at radius 1 is 0.885 bits per heavy atom. The maximum absolute atomic E-state index is 12.1. The third kappa shape index (κ3) is 4.98. The Morgan fingerprint density at radius 2 is 1.42 bits per heavy atom. The number of hydrogen-bond donors (Lipinski definition) is 2. The van der Waals surface area contributed by atoms with Crippen LogP contribution in [0.5, 0.6) is 11.5 Å². The van der Waals surface area contributed by atoms with Gasteiger partial charge in [0.1, 0.15) is 0 Å². The van der Waals surface area contributed by atoms with Crippen molar-refractivity contribution in [2.75, 3.05) is 23.8 Å². The second kappa shape index (κ2) is 9.08. The largest absolute Gasteiger partial charge is 0.490 e. The van der Waals surface area contributed by atoms with Crippen molar-refractivity contribution in [1.82, 2.24) is 0 Å². The molecule has 0 aromatic heterocycles. The number of nitriles is 1. The van der Waals surface area contributed by atoms with E-state index < -0.39 is 11.8 Å². The first-order valence-corrected chi connectivity index (χ1v) is 8.09. The molecule has 0 spiro atoms. The van der Waals surface area contributed by atoms with E-state index in [9.17, 15) is 9.59 Å². The van der Waals surface area contributed by atoms with Crippen molar-refractivity contribution in [1.29, 1.82) is 5.26 Å². The fourth-order valence-electron chi connectivity index (χ4n) is 2.13. The molecule has 2 aromatic rings. The quantitative estimate of drug-likeness (QED) is 0.778. The summed E-state index contributed by atoms with van der Waals surface area (Å²) >= 11 is 0. The number of ether oxygens (including phenoxy) is 2. The lowest BCUT2D eigenvalue weighted by Gasteiger charge is -2.13. The molecule has 0 saturated heterocycles. The molecule has 0 bridgehead atoms. The molecule has 2 amide bonds. The molecule has 0 fully saturated rings. The molecular weight excluding hydrogens is 334 g/mol. The average Bonchev–Trinajstić information content (AvgIpc) is 2.64. The van der Waals surface area contributed by atoms with Crippen LogP contribution in [-0.2, 0) is 9.59 Å². The summed E-state index contributed by atoms with van der Waals surface area (Å²) in [5.74, 6) is -0.587. The zero-order valence-corrected chi connectivity index (χ0v) is 14.5. The van der Waals surface area contributed by atoms with Crippen molar-refractivity contribution in [3.63, 3.8) is 0 Å². The van der Waals surface area contributed by atoms with E-state index in [0.717, 1.165) is 0 Å².